The minimum Gasteiger partial charge on any atom is -0.308 e. The van der Waals surface area contributed by atoms with Crippen molar-refractivity contribution >= 4 is 0 Å². The van der Waals surface area contributed by atoms with Gasteiger partial charge in [0.2, 0.25) is 0 Å². The monoisotopic (exact) mass is 280 g/mol. The lowest BCUT2D eigenvalue weighted by Crippen LogP contribution is -2.44. The first-order chi connectivity index (χ1) is 9.74. The van der Waals surface area contributed by atoms with Crippen LogP contribution >= 0.6 is 0 Å². The highest BCUT2D eigenvalue weighted by Gasteiger charge is 2.34. The lowest BCUT2D eigenvalue weighted by molar-refractivity contribution is 0.151. The third-order valence-electron chi connectivity index (χ3n) is 4.63. The van der Waals surface area contributed by atoms with Crippen LogP contribution in [-0.2, 0) is 6.54 Å². The molecule has 2 atom stereocenters. The number of rotatable bonds is 4. The molecule has 0 amide bonds. The van der Waals surface area contributed by atoms with E-state index in [4.69, 9.17) is 0 Å². The van der Waals surface area contributed by atoms with Crippen molar-refractivity contribution in [1.29, 1.82) is 0 Å². The molecule has 2 unspecified atom stereocenters. The van der Waals surface area contributed by atoms with Crippen LogP contribution in [0, 0.1) is 0 Å². The van der Waals surface area contributed by atoms with E-state index in [9.17, 15) is 8.78 Å². The predicted octanol–water partition coefficient (Wildman–Crippen LogP) is 3.34. The van der Waals surface area contributed by atoms with Crippen LogP contribution in [-0.4, -0.2) is 30.1 Å². The summed E-state index contributed by atoms with van der Waals surface area (Å²) in [4.78, 5) is 2.58. The van der Waals surface area contributed by atoms with Crippen LogP contribution in [0.3, 0.4) is 0 Å². The largest absolute Gasteiger partial charge is 0.308 e. The number of nitrogens with zero attached hydrogens (tertiary/aromatic N) is 1. The lowest BCUT2D eigenvalue weighted by atomic mass is 9.99. The van der Waals surface area contributed by atoms with Crippen molar-refractivity contribution < 1.29 is 8.78 Å². The Morgan fingerprint density at radius 2 is 2.10 bits per heavy atom. The number of fused-ring (bicyclic) bond motifs is 1. The average molecular weight is 280 g/mol. The summed E-state index contributed by atoms with van der Waals surface area (Å²) in [5.41, 5.74) is 1.08. The summed E-state index contributed by atoms with van der Waals surface area (Å²) in [5, 5.41) is 3.58. The van der Waals surface area contributed by atoms with Crippen LogP contribution in [0.4, 0.5) is 8.78 Å². The standard InChI is InChI=1S/C16H22F2N2/c17-16(18)13-5-3-4-12(10-13)11-19-14-7-9-20-8-2-1-6-15(14)20/h3-5,10,14-16,19H,1-2,6-9,11H2. The zero-order valence-electron chi connectivity index (χ0n) is 11.7. The summed E-state index contributed by atoms with van der Waals surface area (Å²) in [7, 11) is 0. The molecule has 2 fully saturated rings. The van der Waals surface area contributed by atoms with Crippen LogP contribution < -0.4 is 5.32 Å². The zero-order chi connectivity index (χ0) is 13.9. The summed E-state index contributed by atoms with van der Waals surface area (Å²) in [6.07, 6.45) is 2.71. The smallest absolute Gasteiger partial charge is 0.263 e. The molecule has 110 valence electrons. The lowest BCUT2D eigenvalue weighted by Gasteiger charge is -2.32. The molecule has 2 saturated heterocycles. The van der Waals surface area contributed by atoms with Gasteiger partial charge in [-0.2, -0.15) is 0 Å². The molecule has 1 aromatic rings. The number of alkyl halides is 2. The Morgan fingerprint density at radius 3 is 2.95 bits per heavy atom. The van der Waals surface area contributed by atoms with Gasteiger partial charge in [-0.05, 0) is 37.4 Å². The molecule has 0 aliphatic carbocycles. The van der Waals surface area contributed by atoms with Gasteiger partial charge in [-0.1, -0.05) is 24.6 Å². The minimum absolute atomic E-state index is 0.120. The highest BCUT2D eigenvalue weighted by molar-refractivity contribution is 5.24. The molecule has 4 heteroatoms. The van der Waals surface area contributed by atoms with Crippen LogP contribution in [0.15, 0.2) is 24.3 Å². The van der Waals surface area contributed by atoms with Gasteiger partial charge in [0.25, 0.3) is 6.43 Å². The molecule has 2 nitrogen and oxygen atoms in total. The first-order valence-electron chi connectivity index (χ1n) is 7.58. The van der Waals surface area contributed by atoms with E-state index in [0.29, 0.717) is 18.6 Å². The van der Waals surface area contributed by atoms with Crippen LogP contribution in [0.1, 0.15) is 43.2 Å². The summed E-state index contributed by atoms with van der Waals surface area (Å²) in [5.74, 6) is 0. The predicted molar refractivity (Wildman–Crippen MR) is 75.9 cm³/mol. The summed E-state index contributed by atoms with van der Waals surface area (Å²) in [6, 6.07) is 7.93. The van der Waals surface area contributed by atoms with Crippen molar-refractivity contribution in [1.82, 2.24) is 10.2 Å². The van der Waals surface area contributed by atoms with E-state index < -0.39 is 6.43 Å². The molecule has 2 heterocycles. The average Bonchev–Trinajstić information content (AvgIpc) is 2.89. The molecular weight excluding hydrogens is 258 g/mol. The highest BCUT2D eigenvalue weighted by Crippen LogP contribution is 2.27. The van der Waals surface area contributed by atoms with Gasteiger partial charge in [-0.3, -0.25) is 4.90 Å². The van der Waals surface area contributed by atoms with Crippen LogP contribution in [0.2, 0.25) is 0 Å². The van der Waals surface area contributed by atoms with Crippen LogP contribution in [0.25, 0.3) is 0 Å². The van der Waals surface area contributed by atoms with Gasteiger partial charge in [0.05, 0.1) is 0 Å². The summed E-state index contributed by atoms with van der Waals surface area (Å²) >= 11 is 0. The third kappa shape index (κ3) is 3.01. The fourth-order valence-corrected chi connectivity index (χ4v) is 3.57. The topological polar surface area (TPSA) is 15.3 Å². The van der Waals surface area contributed by atoms with Crippen LogP contribution in [0.5, 0.6) is 0 Å². The second-order valence-corrected chi connectivity index (χ2v) is 5.92. The molecule has 2 aliphatic heterocycles. The van der Waals surface area contributed by atoms with E-state index in [1.165, 1.54) is 44.8 Å². The van der Waals surface area contributed by atoms with Gasteiger partial charge in [0.15, 0.2) is 0 Å². The van der Waals surface area contributed by atoms with Crippen molar-refractivity contribution in [2.45, 2.75) is 50.7 Å². The van der Waals surface area contributed by atoms with E-state index >= 15 is 0 Å². The first-order valence-corrected chi connectivity index (χ1v) is 7.58. The fraction of sp³-hybridized carbons (Fsp3) is 0.625. The number of hydrogen-bond acceptors (Lipinski definition) is 2. The first kappa shape index (κ1) is 14.0. The van der Waals surface area contributed by atoms with Crippen molar-refractivity contribution in [3.63, 3.8) is 0 Å². The van der Waals surface area contributed by atoms with Crippen molar-refractivity contribution in [2.75, 3.05) is 13.1 Å². The number of piperidine rings is 1. The Labute approximate surface area is 119 Å². The molecule has 1 aromatic carbocycles. The molecule has 0 aromatic heterocycles. The van der Waals surface area contributed by atoms with Gasteiger partial charge < -0.3 is 5.32 Å². The van der Waals surface area contributed by atoms with E-state index in [1.807, 2.05) is 6.07 Å². The second-order valence-electron chi connectivity index (χ2n) is 5.92. The molecular formula is C16H22F2N2. The number of hydrogen-bond donors (Lipinski definition) is 1. The maximum absolute atomic E-state index is 12.7. The molecule has 0 bridgehead atoms. The van der Waals surface area contributed by atoms with E-state index in [0.717, 1.165) is 5.56 Å². The Hall–Kier alpha value is -1.00. The van der Waals surface area contributed by atoms with E-state index in [-0.39, 0.29) is 5.56 Å². The highest BCUT2D eigenvalue weighted by atomic mass is 19.3. The van der Waals surface area contributed by atoms with Gasteiger partial charge in [0.1, 0.15) is 0 Å². The van der Waals surface area contributed by atoms with Gasteiger partial charge in [-0.15, -0.1) is 0 Å². The molecule has 2 aliphatic rings. The molecule has 3 rings (SSSR count). The van der Waals surface area contributed by atoms with Crippen molar-refractivity contribution in [2.24, 2.45) is 0 Å². The van der Waals surface area contributed by atoms with Gasteiger partial charge >= 0.3 is 0 Å². The number of benzene rings is 1. The maximum atomic E-state index is 12.7. The number of halogens is 2. The maximum Gasteiger partial charge on any atom is 0.263 e. The van der Waals surface area contributed by atoms with Gasteiger partial charge in [0, 0.05) is 30.7 Å². The third-order valence-corrected chi connectivity index (χ3v) is 4.63. The SMILES string of the molecule is FC(F)c1cccc(CNC2CCN3CCCCC23)c1. The Kier molecular flexibility index (Phi) is 4.32. The molecule has 0 saturated carbocycles. The zero-order valence-corrected chi connectivity index (χ0v) is 11.7. The normalized spacial score (nSPS) is 26.9. The molecule has 20 heavy (non-hydrogen) atoms. The molecule has 1 N–H and O–H groups in total. The van der Waals surface area contributed by atoms with Crippen molar-refractivity contribution in [3.05, 3.63) is 35.4 Å². The van der Waals surface area contributed by atoms with E-state index in [2.05, 4.69) is 10.2 Å². The summed E-state index contributed by atoms with van der Waals surface area (Å²) in [6.45, 7) is 3.10. The van der Waals surface area contributed by atoms with E-state index in [1.54, 1.807) is 12.1 Å². The fourth-order valence-electron chi connectivity index (χ4n) is 3.57. The Balaban J connectivity index is 1.58. The second kappa shape index (κ2) is 6.19. The van der Waals surface area contributed by atoms with Gasteiger partial charge in [-0.25, -0.2) is 8.78 Å². The Bertz CT molecular complexity index is 450. The minimum atomic E-state index is -2.38. The Morgan fingerprint density at radius 1 is 1.20 bits per heavy atom. The quantitative estimate of drug-likeness (QED) is 0.910. The summed E-state index contributed by atoms with van der Waals surface area (Å²) < 4.78 is 25.4. The van der Waals surface area contributed by atoms with Crippen molar-refractivity contribution in [3.8, 4) is 0 Å². The number of nitrogens with one attached hydrogen (secondary N) is 1. The molecule has 0 spiro atoms. The molecule has 0 radical (unpaired) electrons.